The van der Waals surface area contributed by atoms with Gasteiger partial charge in [0.05, 0.1) is 5.54 Å². The summed E-state index contributed by atoms with van der Waals surface area (Å²) < 4.78 is 0. The minimum atomic E-state index is 0.0650. The Morgan fingerprint density at radius 3 is 1.57 bits per heavy atom. The molecule has 0 saturated heterocycles. The van der Waals surface area contributed by atoms with Crippen LogP contribution in [0.15, 0.2) is 9.98 Å². The van der Waals surface area contributed by atoms with Crippen LogP contribution >= 0.6 is 0 Å². The van der Waals surface area contributed by atoms with Crippen molar-refractivity contribution in [3.05, 3.63) is 0 Å². The number of hydrogen-bond donors (Lipinski definition) is 0. The molecule has 122 valence electrons. The summed E-state index contributed by atoms with van der Waals surface area (Å²) >= 11 is 0. The van der Waals surface area contributed by atoms with E-state index in [-0.39, 0.29) is 5.54 Å². The van der Waals surface area contributed by atoms with Gasteiger partial charge in [0.15, 0.2) is 0 Å². The van der Waals surface area contributed by atoms with E-state index >= 15 is 0 Å². The van der Waals surface area contributed by atoms with E-state index in [4.69, 9.17) is 0 Å². The molecular weight excluding hydrogens is 256 g/mol. The molecule has 21 heavy (non-hydrogen) atoms. The highest BCUT2D eigenvalue weighted by atomic mass is 15.0. The third kappa shape index (κ3) is 8.38. The van der Waals surface area contributed by atoms with Gasteiger partial charge in [-0.05, 0) is 12.8 Å². The Balaban J connectivity index is 2.13. The van der Waals surface area contributed by atoms with Crippen molar-refractivity contribution in [3.8, 4) is 0 Å². The molecule has 0 aromatic heterocycles. The lowest BCUT2D eigenvalue weighted by Gasteiger charge is -2.22. The molecule has 0 spiro atoms. The minimum Gasteiger partial charge on any atom is -0.261 e. The van der Waals surface area contributed by atoms with Crippen molar-refractivity contribution in [2.45, 2.75) is 109 Å². The number of hydrogen-bond acceptors (Lipinski definition) is 2. The second kappa shape index (κ2) is 11.9. The summed E-state index contributed by atoms with van der Waals surface area (Å²) in [6.45, 7) is 4.55. The fraction of sp³-hybridized carbons (Fsp3) is 0.895. The summed E-state index contributed by atoms with van der Waals surface area (Å²) in [7, 11) is 0. The Morgan fingerprint density at radius 1 is 0.667 bits per heavy atom. The minimum absolute atomic E-state index is 0.0650. The van der Waals surface area contributed by atoms with E-state index in [0.717, 1.165) is 0 Å². The van der Waals surface area contributed by atoms with E-state index in [1.165, 1.54) is 89.9 Å². The van der Waals surface area contributed by atoms with E-state index in [9.17, 15) is 0 Å². The maximum Gasteiger partial charge on any atom is 0.110 e. The molecule has 0 saturated carbocycles. The third-order valence-electron chi connectivity index (χ3n) is 4.62. The first-order valence-electron chi connectivity index (χ1n) is 9.41. The van der Waals surface area contributed by atoms with Gasteiger partial charge < -0.3 is 0 Å². The zero-order chi connectivity index (χ0) is 15.2. The maximum absolute atomic E-state index is 4.69. The first kappa shape index (κ1) is 18.4. The molecule has 0 aliphatic carbocycles. The van der Waals surface area contributed by atoms with Gasteiger partial charge in [0, 0.05) is 6.21 Å². The van der Waals surface area contributed by atoms with Gasteiger partial charge in [-0.15, -0.1) is 0 Å². The van der Waals surface area contributed by atoms with Gasteiger partial charge >= 0.3 is 0 Å². The molecule has 2 heteroatoms. The lowest BCUT2D eigenvalue weighted by molar-refractivity contribution is 0.439. The van der Waals surface area contributed by atoms with Crippen molar-refractivity contribution in [3.63, 3.8) is 0 Å². The zero-order valence-electron chi connectivity index (χ0n) is 14.4. The zero-order valence-corrected chi connectivity index (χ0v) is 14.4. The Labute approximate surface area is 132 Å². The van der Waals surface area contributed by atoms with Crippen LogP contribution in [-0.2, 0) is 0 Å². The predicted octanol–water partition coefficient (Wildman–Crippen LogP) is 6.34. The van der Waals surface area contributed by atoms with Crippen molar-refractivity contribution in [2.24, 2.45) is 9.98 Å². The van der Waals surface area contributed by atoms with Crippen LogP contribution in [0, 0.1) is 0 Å². The van der Waals surface area contributed by atoms with Crippen LogP contribution in [0.3, 0.4) is 0 Å². The van der Waals surface area contributed by atoms with Gasteiger partial charge in [0.2, 0.25) is 0 Å². The molecule has 1 rings (SSSR count). The van der Waals surface area contributed by atoms with E-state index in [1.54, 1.807) is 6.34 Å². The molecule has 0 fully saturated rings. The van der Waals surface area contributed by atoms with E-state index in [1.807, 2.05) is 0 Å². The van der Waals surface area contributed by atoms with Gasteiger partial charge in [-0.3, -0.25) is 4.99 Å². The van der Waals surface area contributed by atoms with E-state index in [2.05, 4.69) is 30.0 Å². The summed E-state index contributed by atoms with van der Waals surface area (Å²) in [5, 5.41) is 0. The summed E-state index contributed by atoms with van der Waals surface area (Å²) in [4.78, 5) is 8.96. The Hall–Kier alpha value is -0.660. The van der Waals surface area contributed by atoms with Crippen LogP contribution in [0.2, 0.25) is 0 Å². The van der Waals surface area contributed by atoms with Gasteiger partial charge in [0.25, 0.3) is 0 Å². The molecule has 0 aromatic rings. The molecule has 1 aliphatic heterocycles. The molecular formula is C19H36N2. The van der Waals surface area contributed by atoms with Crippen LogP contribution < -0.4 is 0 Å². The van der Waals surface area contributed by atoms with Gasteiger partial charge in [-0.1, -0.05) is 90.9 Å². The normalized spacial score (nSPS) is 15.9. The van der Waals surface area contributed by atoms with Crippen molar-refractivity contribution in [1.29, 1.82) is 0 Å². The van der Waals surface area contributed by atoms with Crippen LogP contribution in [0.4, 0.5) is 0 Å². The quantitative estimate of drug-likeness (QED) is 0.334. The Morgan fingerprint density at radius 2 is 1.14 bits per heavy atom. The fourth-order valence-electron chi connectivity index (χ4n) is 3.16. The number of aliphatic imine (C=N–C) groups is 2. The second-order valence-electron chi connectivity index (χ2n) is 6.66. The Bertz CT molecular complexity index is 264. The summed E-state index contributed by atoms with van der Waals surface area (Å²) in [5.74, 6) is 0. The number of rotatable bonds is 14. The van der Waals surface area contributed by atoms with Crippen molar-refractivity contribution < 1.29 is 0 Å². The molecule has 1 aliphatic rings. The van der Waals surface area contributed by atoms with Crippen LogP contribution in [0.5, 0.6) is 0 Å². The number of unbranched alkanes of at least 4 members (excludes halogenated alkanes) is 10. The molecule has 0 aromatic carbocycles. The van der Waals surface area contributed by atoms with Gasteiger partial charge in [-0.2, -0.15) is 0 Å². The molecule has 0 unspecified atom stereocenters. The molecule has 0 radical (unpaired) electrons. The molecule has 0 atom stereocenters. The lowest BCUT2D eigenvalue weighted by atomic mass is 9.88. The summed E-state index contributed by atoms with van der Waals surface area (Å²) in [5.41, 5.74) is 0.0650. The second-order valence-corrected chi connectivity index (χ2v) is 6.66. The smallest absolute Gasteiger partial charge is 0.110 e. The first-order valence-corrected chi connectivity index (χ1v) is 9.41. The molecule has 0 amide bonds. The lowest BCUT2D eigenvalue weighted by Crippen LogP contribution is -2.26. The van der Waals surface area contributed by atoms with E-state index < -0.39 is 0 Å². The fourth-order valence-corrected chi connectivity index (χ4v) is 3.16. The van der Waals surface area contributed by atoms with Crippen LogP contribution in [0.1, 0.15) is 104 Å². The molecule has 1 heterocycles. The summed E-state index contributed by atoms with van der Waals surface area (Å²) in [6, 6.07) is 0. The third-order valence-corrected chi connectivity index (χ3v) is 4.62. The van der Waals surface area contributed by atoms with Crippen LogP contribution in [0.25, 0.3) is 0 Å². The molecule has 2 nitrogen and oxygen atoms in total. The average molecular weight is 293 g/mol. The highest BCUT2D eigenvalue weighted by Crippen LogP contribution is 2.27. The van der Waals surface area contributed by atoms with Gasteiger partial charge in [0.1, 0.15) is 6.34 Å². The Kier molecular flexibility index (Phi) is 10.5. The first-order chi connectivity index (χ1) is 10.3. The standard InChI is InChI=1S/C19H36N2/c1-3-5-7-9-11-13-15-19(17-20-18-21-19)16-14-12-10-8-6-4-2/h17-18H,3-16H2,1-2H3. The van der Waals surface area contributed by atoms with Crippen molar-refractivity contribution in [1.82, 2.24) is 0 Å². The topological polar surface area (TPSA) is 24.7 Å². The van der Waals surface area contributed by atoms with Crippen LogP contribution in [-0.4, -0.2) is 18.1 Å². The SMILES string of the molecule is CCCCCCCCC1(CCCCCCCC)C=NC=N1. The maximum atomic E-state index is 4.69. The molecule has 0 bridgehead atoms. The van der Waals surface area contributed by atoms with Gasteiger partial charge in [-0.25, -0.2) is 4.99 Å². The summed E-state index contributed by atoms with van der Waals surface area (Å²) in [6.07, 6.45) is 22.7. The highest BCUT2D eigenvalue weighted by Gasteiger charge is 2.27. The molecule has 0 N–H and O–H groups in total. The van der Waals surface area contributed by atoms with Crippen molar-refractivity contribution in [2.75, 3.05) is 0 Å². The van der Waals surface area contributed by atoms with Crippen molar-refractivity contribution >= 4 is 12.6 Å². The monoisotopic (exact) mass is 292 g/mol. The van der Waals surface area contributed by atoms with E-state index in [0.29, 0.717) is 0 Å². The highest BCUT2D eigenvalue weighted by molar-refractivity contribution is 5.85. The predicted molar refractivity (Wildman–Crippen MR) is 95.7 cm³/mol. The largest absolute Gasteiger partial charge is 0.261 e. The number of nitrogens with zero attached hydrogens (tertiary/aromatic N) is 2. The average Bonchev–Trinajstić information content (AvgIpc) is 2.96.